The van der Waals surface area contributed by atoms with Crippen LogP contribution in [0.25, 0.3) is 0 Å². The third kappa shape index (κ3) is 3.22. The Bertz CT molecular complexity index is 611. The molecule has 100 valence electrons. The number of hydrogen-bond donors (Lipinski definition) is 0. The van der Waals surface area contributed by atoms with E-state index < -0.39 is 5.82 Å². The van der Waals surface area contributed by atoms with E-state index in [1.54, 1.807) is 37.4 Å². The van der Waals surface area contributed by atoms with E-state index in [1.807, 2.05) is 11.4 Å². The fraction of sp³-hybridized carbons (Fsp3) is 0.214. The molecule has 0 spiro atoms. The highest BCUT2D eigenvalue weighted by Crippen LogP contribution is 2.22. The minimum Gasteiger partial charge on any atom is -0.337 e. The molecule has 0 bridgehead atoms. The number of nitrogens with zero attached hydrogens (tertiary/aromatic N) is 1. The molecule has 0 saturated heterocycles. The number of aryl methyl sites for hydroxylation is 1. The Labute approximate surface area is 124 Å². The van der Waals surface area contributed by atoms with E-state index in [0.29, 0.717) is 12.1 Å². The van der Waals surface area contributed by atoms with E-state index in [2.05, 4.69) is 15.9 Å². The van der Waals surface area contributed by atoms with Crippen LogP contribution in [0.5, 0.6) is 0 Å². The molecule has 1 amide bonds. The highest BCUT2D eigenvalue weighted by atomic mass is 79.9. The molecule has 1 heterocycles. The van der Waals surface area contributed by atoms with Gasteiger partial charge in [0.25, 0.3) is 5.91 Å². The lowest BCUT2D eigenvalue weighted by atomic mass is 10.1. The quantitative estimate of drug-likeness (QED) is 0.817. The molecule has 2 aromatic rings. The summed E-state index contributed by atoms with van der Waals surface area (Å²) in [4.78, 5) is 13.7. The second-order valence-corrected chi connectivity index (χ2v) is 6.65. The van der Waals surface area contributed by atoms with E-state index in [1.165, 1.54) is 11.0 Å². The third-order valence-electron chi connectivity index (χ3n) is 2.81. The molecular formula is C14H13BrFNOS. The Morgan fingerprint density at radius 1 is 1.47 bits per heavy atom. The first-order chi connectivity index (χ1) is 8.99. The average Bonchev–Trinajstić information content (AvgIpc) is 2.77. The summed E-state index contributed by atoms with van der Waals surface area (Å²) in [5, 5.41) is 1.97. The van der Waals surface area contributed by atoms with Crippen LogP contribution in [-0.4, -0.2) is 17.9 Å². The Morgan fingerprint density at radius 3 is 2.84 bits per heavy atom. The first kappa shape index (κ1) is 14.2. The number of amides is 1. The SMILES string of the molecule is Cc1cccc(C(=O)N(C)Cc2csc(Br)c2)c1F. The molecule has 0 radical (unpaired) electrons. The molecule has 5 heteroatoms. The van der Waals surface area contributed by atoms with Crippen molar-refractivity contribution >= 4 is 33.2 Å². The first-order valence-corrected chi connectivity index (χ1v) is 7.40. The van der Waals surface area contributed by atoms with Gasteiger partial charge in [0.15, 0.2) is 0 Å². The lowest BCUT2D eigenvalue weighted by Crippen LogP contribution is -2.27. The number of rotatable bonds is 3. The van der Waals surface area contributed by atoms with Crippen LogP contribution in [0, 0.1) is 12.7 Å². The predicted octanol–water partition coefficient (Wildman–Crippen LogP) is 4.23. The molecule has 0 aliphatic carbocycles. The van der Waals surface area contributed by atoms with Gasteiger partial charge in [0, 0.05) is 13.6 Å². The standard InChI is InChI=1S/C14H13BrFNOS/c1-9-4-3-5-11(13(9)16)14(18)17(2)7-10-6-12(15)19-8-10/h3-6,8H,7H2,1-2H3. The minimum atomic E-state index is -0.439. The molecule has 0 atom stereocenters. The van der Waals surface area contributed by atoms with Crippen molar-refractivity contribution in [3.63, 3.8) is 0 Å². The lowest BCUT2D eigenvalue weighted by Gasteiger charge is -2.17. The Hall–Kier alpha value is -1.20. The number of thiophene rings is 1. The fourth-order valence-corrected chi connectivity index (χ4v) is 2.99. The zero-order valence-electron chi connectivity index (χ0n) is 10.6. The molecule has 0 aliphatic rings. The van der Waals surface area contributed by atoms with Gasteiger partial charge in [-0.15, -0.1) is 11.3 Å². The monoisotopic (exact) mass is 341 g/mol. The van der Waals surface area contributed by atoms with Gasteiger partial charge in [-0.3, -0.25) is 4.79 Å². The molecule has 0 aliphatic heterocycles. The topological polar surface area (TPSA) is 20.3 Å². The second-order valence-electron chi connectivity index (χ2n) is 4.36. The molecule has 19 heavy (non-hydrogen) atoms. The average molecular weight is 342 g/mol. The van der Waals surface area contributed by atoms with Crippen LogP contribution in [0.15, 0.2) is 33.4 Å². The number of carbonyl (C=O) groups is 1. The Kier molecular flexibility index (Phi) is 4.37. The van der Waals surface area contributed by atoms with E-state index >= 15 is 0 Å². The van der Waals surface area contributed by atoms with E-state index in [4.69, 9.17) is 0 Å². The maximum atomic E-state index is 13.9. The van der Waals surface area contributed by atoms with Crippen LogP contribution in [-0.2, 0) is 6.54 Å². The van der Waals surface area contributed by atoms with Crippen LogP contribution >= 0.6 is 27.3 Å². The van der Waals surface area contributed by atoms with Crippen molar-refractivity contribution in [3.05, 3.63) is 55.9 Å². The van der Waals surface area contributed by atoms with Gasteiger partial charge in [-0.1, -0.05) is 12.1 Å². The van der Waals surface area contributed by atoms with E-state index in [-0.39, 0.29) is 11.5 Å². The van der Waals surface area contributed by atoms with Gasteiger partial charge in [-0.25, -0.2) is 4.39 Å². The van der Waals surface area contributed by atoms with Crippen molar-refractivity contribution in [2.75, 3.05) is 7.05 Å². The summed E-state index contributed by atoms with van der Waals surface area (Å²) in [5.41, 5.74) is 1.63. The van der Waals surface area contributed by atoms with Crippen molar-refractivity contribution in [2.24, 2.45) is 0 Å². The molecule has 1 aromatic heterocycles. The van der Waals surface area contributed by atoms with Gasteiger partial charge in [0.1, 0.15) is 5.82 Å². The second kappa shape index (κ2) is 5.84. The van der Waals surface area contributed by atoms with Crippen LogP contribution in [0.4, 0.5) is 4.39 Å². The summed E-state index contributed by atoms with van der Waals surface area (Å²) >= 11 is 4.94. The Morgan fingerprint density at radius 2 is 2.21 bits per heavy atom. The molecule has 1 aromatic carbocycles. The van der Waals surface area contributed by atoms with Crippen molar-refractivity contribution in [1.82, 2.24) is 4.90 Å². The molecular weight excluding hydrogens is 329 g/mol. The van der Waals surface area contributed by atoms with Gasteiger partial charge >= 0.3 is 0 Å². The van der Waals surface area contributed by atoms with Crippen LogP contribution in [0.1, 0.15) is 21.5 Å². The molecule has 0 fully saturated rings. The fourth-order valence-electron chi connectivity index (χ4n) is 1.79. The molecule has 2 rings (SSSR count). The van der Waals surface area contributed by atoms with E-state index in [0.717, 1.165) is 9.35 Å². The maximum Gasteiger partial charge on any atom is 0.256 e. The number of benzene rings is 1. The summed E-state index contributed by atoms with van der Waals surface area (Å²) in [5.74, 6) is -0.741. The maximum absolute atomic E-state index is 13.9. The number of halogens is 2. The van der Waals surface area contributed by atoms with Crippen LogP contribution in [0.2, 0.25) is 0 Å². The largest absolute Gasteiger partial charge is 0.337 e. The molecule has 0 N–H and O–H groups in total. The molecule has 0 saturated carbocycles. The van der Waals surface area contributed by atoms with Gasteiger partial charge in [-0.05, 0) is 51.5 Å². The Balaban J connectivity index is 2.17. The summed E-state index contributed by atoms with van der Waals surface area (Å²) in [6.45, 7) is 2.12. The minimum absolute atomic E-state index is 0.122. The van der Waals surface area contributed by atoms with Crippen molar-refractivity contribution in [2.45, 2.75) is 13.5 Å². The smallest absolute Gasteiger partial charge is 0.256 e. The zero-order valence-corrected chi connectivity index (χ0v) is 13.0. The van der Waals surface area contributed by atoms with E-state index in [9.17, 15) is 9.18 Å². The first-order valence-electron chi connectivity index (χ1n) is 5.72. The van der Waals surface area contributed by atoms with Gasteiger partial charge in [0.2, 0.25) is 0 Å². The molecule has 0 unspecified atom stereocenters. The summed E-state index contributed by atoms with van der Waals surface area (Å²) in [6, 6.07) is 6.83. The normalized spacial score (nSPS) is 10.5. The van der Waals surface area contributed by atoms with Crippen molar-refractivity contribution < 1.29 is 9.18 Å². The van der Waals surface area contributed by atoms with Gasteiger partial charge in [0.05, 0.1) is 9.35 Å². The summed E-state index contributed by atoms with van der Waals surface area (Å²) in [7, 11) is 1.68. The van der Waals surface area contributed by atoms with Crippen LogP contribution in [0.3, 0.4) is 0 Å². The van der Waals surface area contributed by atoms with Crippen LogP contribution < -0.4 is 0 Å². The predicted molar refractivity (Wildman–Crippen MR) is 79.0 cm³/mol. The number of carbonyl (C=O) groups excluding carboxylic acids is 1. The summed E-state index contributed by atoms with van der Waals surface area (Å²) < 4.78 is 14.9. The van der Waals surface area contributed by atoms with Crippen molar-refractivity contribution in [1.29, 1.82) is 0 Å². The van der Waals surface area contributed by atoms with Crippen molar-refractivity contribution in [3.8, 4) is 0 Å². The highest BCUT2D eigenvalue weighted by Gasteiger charge is 2.17. The van der Waals surface area contributed by atoms with Gasteiger partial charge in [-0.2, -0.15) is 0 Å². The molecule has 2 nitrogen and oxygen atoms in total. The third-order valence-corrected chi connectivity index (χ3v) is 4.36. The zero-order chi connectivity index (χ0) is 14.0. The number of hydrogen-bond acceptors (Lipinski definition) is 2. The summed E-state index contributed by atoms with van der Waals surface area (Å²) in [6.07, 6.45) is 0. The highest BCUT2D eigenvalue weighted by molar-refractivity contribution is 9.11. The lowest BCUT2D eigenvalue weighted by molar-refractivity contribution is 0.0780. The van der Waals surface area contributed by atoms with Gasteiger partial charge < -0.3 is 4.90 Å².